The zero-order valence-corrected chi connectivity index (χ0v) is 10.2. The summed E-state index contributed by atoms with van der Waals surface area (Å²) in [6.07, 6.45) is 5.12. The monoisotopic (exact) mass is 214 g/mol. The molecule has 1 rings (SSSR count). The Labute approximate surface area is 93.6 Å². The number of nitrogens with zero attached hydrogens (tertiary/aromatic N) is 1. The Balaban J connectivity index is 2.46. The molecule has 0 atom stereocenters. The lowest BCUT2D eigenvalue weighted by atomic mass is 9.70. The van der Waals surface area contributed by atoms with Crippen LogP contribution in [-0.2, 0) is 0 Å². The van der Waals surface area contributed by atoms with Crippen LogP contribution in [0, 0.1) is 11.3 Å². The van der Waals surface area contributed by atoms with Gasteiger partial charge < -0.3 is 15.7 Å². The smallest absolute Gasteiger partial charge is 0.0558 e. The largest absolute Gasteiger partial charge is 0.395 e. The second kappa shape index (κ2) is 5.83. The summed E-state index contributed by atoms with van der Waals surface area (Å²) in [5.41, 5.74) is 6.25. The van der Waals surface area contributed by atoms with Crippen molar-refractivity contribution in [3.63, 3.8) is 0 Å². The Kier molecular flexibility index (Phi) is 5.03. The van der Waals surface area contributed by atoms with E-state index in [1.807, 2.05) is 0 Å². The van der Waals surface area contributed by atoms with Crippen LogP contribution in [0.3, 0.4) is 0 Å². The van der Waals surface area contributed by atoms with Crippen molar-refractivity contribution in [2.45, 2.75) is 32.6 Å². The van der Waals surface area contributed by atoms with Gasteiger partial charge in [0.05, 0.1) is 6.61 Å². The Morgan fingerprint density at radius 3 is 2.47 bits per heavy atom. The first-order chi connectivity index (χ1) is 7.12. The first kappa shape index (κ1) is 12.9. The summed E-state index contributed by atoms with van der Waals surface area (Å²) in [7, 11) is 2.08. The molecule has 0 aromatic heterocycles. The van der Waals surface area contributed by atoms with E-state index < -0.39 is 0 Å². The van der Waals surface area contributed by atoms with Gasteiger partial charge in [0.2, 0.25) is 0 Å². The van der Waals surface area contributed by atoms with Gasteiger partial charge in [0.15, 0.2) is 0 Å². The SMILES string of the molecule is CC1CCC(CN)(CN(C)CCO)CC1. The van der Waals surface area contributed by atoms with Gasteiger partial charge in [-0.05, 0) is 37.8 Å². The van der Waals surface area contributed by atoms with Crippen LogP contribution in [-0.4, -0.2) is 43.3 Å². The van der Waals surface area contributed by atoms with E-state index >= 15 is 0 Å². The second-order valence-corrected chi connectivity index (χ2v) is 5.35. The van der Waals surface area contributed by atoms with Crippen LogP contribution in [0.15, 0.2) is 0 Å². The van der Waals surface area contributed by atoms with E-state index in [9.17, 15) is 0 Å². The maximum Gasteiger partial charge on any atom is 0.0558 e. The summed E-state index contributed by atoms with van der Waals surface area (Å²) in [6.45, 7) is 5.16. The second-order valence-electron chi connectivity index (χ2n) is 5.35. The maximum atomic E-state index is 8.89. The molecule has 0 aliphatic heterocycles. The number of likely N-dealkylation sites (N-methyl/N-ethyl adjacent to an activating group) is 1. The molecule has 3 nitrogen and oxygen atoms in total. The molecule has 90 valence electrons. The van der Waals surface area contributed by atoms with Crippen molar-refractivity contribution >= 4 is 0 Å². The maximum absolute atomic E-state index is 8.89. The van der Waals surface area contributed by atoms with Gasteiger partial charge in [-0.1, -0.05) is 19.8 Å². The molecular formula is C12H26N2O. The van der Waals surface area contributed by atoms with Crippen LogP contribution >= 0.6 is 0 Å². The molecule has 0 unspecified atom stereocenters. The standard InChI is InChI=1S/C12H26N2O/c1-11-3-5-12(9-13,6-4-11)10-14(2)7-8-15/h11,15H,3-10,13H2,1-2H3. The first-order valence-corrected chi connectivity index (χ1v) is 6.11. The molecular weight excluding hydrogens is 188 g/mol. The van der Waals surface area contributed by atoms with Crippen LogP contribution in [0.4, 0.5) is 0 Å². The fraction of sp³-hybridized carbons (Fsp3) is 1.00. The van der Waals surface area contributed by atoms with E-state index in [1.165, 1.54) is 25.7 Å². The van der Waals surface area contributed by atoms with Crippen molar-refractivity contribution in [3.05, 3.63) is 0 Å². The molecule has 3 N–H and O–H groups in total. The highest BCUT2D eigenvalue weighted by molar-refractivity contribution is 4.87. The normalized spacial score (nSPS) is 32.2. The molecule has 15 heavy (non-hydrogen) atoms. The summed E-state index contributed by atoms with van der Waals surface area (Å²) >= 11 is 0. The van der Waals surface area contributed by atoms with Gasteiger partial charge in [-0.2, -0.15) is 0 Å². The molecule has 1 saturated carbocycles. The number of hydrogen-bond acceptors (Lipinski definition) is 3. The molecule has 3 heteroatoms. The van der Waals surface area contributed by atoms with Crippen LogP contribution in [0.2, 0.25) is 0 Å². The van der Waals surface area contributed by atoms with Crippen molar-refractivity contribution in [2.75, 3.05) is 33.3 Å². The number of nitrogens with two attached hydrogens (primary N) is 1. The Morgan fingerprint density at radius 2 is 2.00 bits per heavy atom. The lowest BCUT2D eigenvalue weighted by molar-refractivity contribution is 0.0977. The Morgan fingerprint density at radius 1 is 1.40 bits per heavy atom. The fourth-order valence-electron chi connectivity index (χ4n) is 2.62. The summed E-state index contributed by atoms with van der Waals surface area (Å²) in [5, 5.41) is 8.89. The predicted molar refractivity (Wildman–Crippen MR) is 63.7 cm³/mol. The van der Waals surface area contributed by atoms with Crippen molar-refractivity contribution < 1.29 is 5.11 Å². The van der Waals surface area contributed by atoms with E-state index in [2.05, 4.69) is 18.9 Å². The third kappa shape index (κ3) is 3.74. The van der Waals surface area contributed by atoms with Gasteiger partial charge in [-0.15, -0.1) is 0 Å². The number of hydrogen-bond donors (Lipinski definition) is 2. The van der Waals surface area contributed by atoms with E-state index in [4.69, 9.17) is 10.8 Å². The third-order valence-electron chi connectivity index (χ3n) is 3.85. The molecule has 0 saturated heterocycles. The summed E-state index contributed by atoms with van der Waals surface area (Å²) < 4.78 is 0. The summed E-state index contributed by atoms with van der Waals surface area (Å²) in [6, 6.07) is 0. The lowest BCUT2D eigenvalue weighted by Gasteiger charge is -2.41. The lowest BCUT2D eigenvalue weighted by Crippen LogP contribution is -2.44. The van der Waals surface area contributed by atoms with E-state index in [0.717, 1.165) is 25.6 Å². The minimum absolute atomic E-state index is 0.244. The number of aliphatic hydroxyl groups is 1. The van der Waals surface area contributed by atoms with E-state index in [0.29, 0.717) is 5.41 Å². The molecule has 0 spiro atoms. The van der Waals surface area contributed by atoms with Gasteiger partial charge in [-0.3, -0.25) is 0 Å². The third-order valence-corrected chi connectivity index (χ3v) is 3.85. The number of aliphatic hydroxyl groups excluding tert-OH is 1. The minimum atomic E-state index is 0.244. The van der Waals surface area contributed by atoms with Gasteiger partial charge in [0.25, 0.3) is 0 Å². The Hall–Kier alpha value is -0.120. The van der Waals surface area contributed by atoms with Crippen molar-refractivity contribution in [1.82, 2.24) is 4.90 Å². The fourth-order valence-corrected chi connectivity index (χ4v) is 2.62. The predicted octanol–water partition coefficient (Wildman–Crippen LogP) is 1.07. The van der Waals surface area contributed by atoms with E-state index in [1.54, 1.807) is 0 Å². The molecule has 1 aliphatic carbocycles. The summed E-state index contributed by atoms with van der Waals surface area (Å²) in [4.78, 5) is 2.21. The first-order valence-electron chi connectivity index (χ1n) is 6.11. The van der Waals surface area contributed by atoms with Crippen LogP contribution < -0.4 is 5.73 Å². The molecule has 0 bridgehead atoms. The highest BCUT2D eigenvalue weighted by atomic mass is 16.3. The minimum Gasteiger partial charge on any atom is -0.395 e. The zero-order valence-electron chi connectivity index (χ0n) is 10.2. The average molecular weight is 214 g/mol. The zero-order chi connectivity index (χ0) is 11.3. The molecule has 1 aliphatic rings. The Bertz CT molecular complexity index is 176. The van der Waals surface area contributed by atoms with E-state index in [-0.39, 0.29) is 6.61 Å². The van der Waals surface area contributed by atoms with Gasteiger partial charge in [0.1, 0.15) is 0 Å². The van der Waals surface area contributed by atoms with Crippen molar-refractivity contribution in [3.8, 4) is 0 Å². The number of rotatable bonds is 5. The molecule has 0 aromatic rings. The molecule has 0 amide bonds. The van der Waals surface area contributed by atoms with Crippen molar-refractivity contribution in [2.24, 2.45) is 17.1 Å². The molecule has 0 radical (unpaired) electrons. The van der Waals surface area contributed by atoms with Crippen LogP contribution in [0.25, 0.3) is 0 Å². The van der Waals surface area contributed by atoms with Gasteiger partial charge in [-0.25, -0.2) is 0 Å². The van der Waals surface area contributed by atoms with Gasteiger partial charge >= 0.3 is 0 Å². The van der Waals surface area contributed by atoms with Crippen LogP contribution in [0.5, 0.6) is 0 Å². The van der Waals surface area contributed by atoms with Gasteiger partial charge in [0, 0.05) is 13.1 Å². The quantitative estimate of drug-likeness (QED) is 0.719. The van der Waals surface area contributed by atoms with Crippen LogP contribution in [0.1, 0.15) is 32.6 Å². The average Bonchev–Trinajstić information content (AvgIpc) is 2.22. The molecule has 0 heterocycles. The van der Waals surface area contributed by atoms with Crippen molar-refractivity contribution in [1.29, 1.82) is 0 Å². The molecule has 0 aromatic carbocycles. The molecule has 1 fully saturated rings. The summed E-state index contributed by atoms with van der Waals surface area (Å²) in [5.74, 6) is 0.868. The topological polar surface area (TPSA) is 49.5 Å². The highest BCUT2D eigenvalue weighted by Gasteiger charge is 2.33. The highest BCUT2D eigenvalue weighted by Crippen LogP contribution is 2.38.